The van der Waals surface area contributed by atoms with Crippen LogP contribution in [0.5, 0.6) is 0 Å². The van der Waals surface area contributed by atoms with Gasteiger partial charge in [-0.05, 0) is 38.3 Å². The van der Waals surface area contributed by atoms with Gasteiger partial charge in [0.25, 0.3) is 0 Å². The summed E-state index contributed by atoms with van der Waals surface area (Å²) >= 11 is 0. The predicted molar refractivity (Wildman–Crippen MR) is 113 cm³/mol. The normalized spacial score (nSPS) is 34.3. The van der Waals surface area contributed by atoms with E-state index in [2.05, 4.69) is 6.58 Å². The van der Waals surface area contributed by atoms with Gasteiger partial charge in [-0.25, -0.2) is 9.59 Å². The van der Waals surface area contributed by atoms with Crippen LogP contribution in [-0.2, 0) is 38.1 Å². The first-order chi connectivity index (χ1) is 14.9. The molecular formula is C24H30O8. The maximum Gasteiger partial charge on any atom is 0.334 e. The summed E-state index contributed by atoms with van der Waals surface area (Å²) in [4.78, 5) is 48.8. The third kappa shape index (κ3) is 3.98. The van der Waals surface area contributed by atoms with Crippen LogP contribution in [0.25, 0.3) is 0 Å². The fourth-order valence-electron chi connectivity index (χ4n) is 5.18. The van der Waals surface area contributed by atoms with E-state index in [9.17, 15) is 19.2 Å². The molecule has 1 saturated heterocycles. The largest absolute Gasteiger partial charge is 0.461 e. The first kappa shape index (κ1) is 23.8. The molecule has 0 N–H and O–H groups in total. The molecule has 1 aliphatic heterocycles. The molecule has 2 aliphatic carbocycles. The number of hydrogen-bond acceptors (Lipinski definition) is 8. The molecule has 6 atom stereocenters. The summed E-state index contributed by atoms with van der Waals surface area (Å²) in [7, 11) is 0. The Labute approximate surface area is 187 Å². The molecule has 0 amide bonds. The van der Waals surface area contributed by atoms with Crippen molar-refractivity contribution in [1.82, 2.24) is 0 Å². The lowest BCUT2D eigenvalue weighted by Gasteiger charge is -2.52. The number of carbonyl (C=O) groups excluding carboxylic acids is 4. The molecule has 0 spiro atoms. The highest BCUT2D eigenvalue weighted by molar-refractivity contribution is 5.92. The van der Waals surface area contributed by atoms with E-state index in [-0.39, 0.29) is 12.0 Å². The third-order valence-electron chi connectivity index (χ3n) is 6.83. The minimum atomic E-state index is -0.878. The van der Waals surface area contributed by atoms with Gasteiger partial charge in [-0.2, -0.15) is 0 Å². The van der Waals surface area contributed by atoms with E-state index in [1.54, 1.807) is 19.9 Å². The van der Waals surface area contributed by atoms with Crippen molar-refractivity contribution >= 4 is 23.9 Å². The fraction of sp³-hybridized carbons (Fsp3) is 0.583. The number of esters is 4. The van der Waals surface area contributed by atoms with Crippen LogP contribution in [0.2, 0.25) is 0 Å². The van der Waals surface area contributed by atoms with Crippen LogP contribution in [0.4, 0.5) is 0 Å². The highest BCUT2D eigenvalue weighted by Crippen LogP contribution is 2.57. The summed E-state index contributed by atoms with van der Waals surface area (Å²) in [6.45, 7) is 13.6. The quantitative estimate of drug-likeness (QED) is 0.281. The summed E-state index contributed by atoms with van der Waals surface area (Å²) in [6.07, 6.45) is -0.534. The second-order valence-corrected chi connectivity index (χ2v) is 8.94. The van der Waals surface area contributed by atoms with Gasteiger partial charge in [0.05, 0.1) is 5.92 Å². The third-order valence-corrected chi connectivity index (χ3v) is 6.83. The summed E-state index contributed by atoms with van der Waals surface area (Å²) in [5, 5.41) is 0. The zero-order chi connectivity index (χ0) is 24.0. The monoisotopic (exact) mass is 446 g/mol. The van der Waals surface area contributed by atoms with E-state index < -0.39 is 59.6 Å². The maximum absolute atomic E-state index is 12.8. The van der Waals surface area contributed by atoms with E-state index in [0.29, 0.717) is 23.1 Å². The molecule has 0 unspecified atom stereocenters. The lowest BCUT2D eigenvalue weighted by Crippen LogP contribution is -2.56. The first-order valence-electron chi connectivity index (χ1n) is 10.7. The fourth-order valence-corrected chi connectivity index (χ4v) is 5.18. The van der Waals surface area contributed by atoms with E-state index in [0.717, 1.165) is 0 Å². The first-order valence-corrected chi connectivity index (χ1v) is 10.7. The molecule has 32 heavy (non-hydrogen) atoms. The zero-order valence-corrected chi connectivity index (χ0v) is 19.4. The molecule has 0 aromatic rings. The highest BCUT2D eigenvalue weighted by atomic mass is 16.6. The van der Waals surface area contributed by atoms with Gasteiger partial charge in [0, 0.05) is 36.8 Å². The summed E-state index contributed by atoms with van der Waals surface area (Å²) < 4.78 is 22.7. The molecule has 0 aromatic carbocycles. The minimum absolute atomic E-state index is 0.229. The average Bonchev–Trinajstić information content (AvgIpc) is 2.97. The molecule has 3 aliphatic rings. The average molecular weight is 446 g/mol. The predicted octanol–water partition coefficient (Wildman–Crippen LogP) is 2.96. The smallest absolute Gasteiger partial charge is 0.334 e. The summed E-state index contributed by atoms with van der Waals surface area (Å²) in [5.41, 5.74) is 1.23. The molecule has 8 heteroatoms. The number of allylic oxidation sites excluding steroid dienone is 1. The standard InChI is InChI=1S/C24H30O8/c1-8-11(2)22(27)32-21-19-13(4)23(28)31-17(19)10-24(7)18(30-15(6)26)9-16(29-14(5)25)12(3)20(21)24/h8,16-19,21H,4,9-10H2,1-3,5-7H3/b11-8+/t16-,17+,18-,19-,21-,24+/m0/s1. The number of hydrogen-bond donors (Lipinski definition) is 0. The van der Waals surface area contributed by atoms with Gasteiger partial charge in [0.1, 0.15) is 24.4 Å². The number of fused-ring (bicyclic) bond motifs is 2. The van der Waals surface area contributed by atoms with E-state index in [4.69, 9.17) is 18.9 Å². The van der Waals surface area contributed by atoms with Crippen molar-refractivity contribution in [3.8, 4) is 0 Å². The lowest BCUT2D eigenvalue weighted by atomic mass is 9.57. The lowest BCUT2D eigenvalue weighted by molar-refractivity contribution is -0.170. The van der Waals surface area contributed by atoms with Crippen LogP contribution in [0.15, 0.2) is 34.9 Å². The van der Waals surface area contributed by atoms with Crippen LogP contribution < -0.4 is 0 Å². The Bertz CT molecular complexity index is 942. The van der Waals surface area contributed by atoms with Crippen LogP contribution >= 0.6 is 0 Å². The molecule has 1 heterocycles. The van der Waals surface area contributed by atoms with Crippen molar-refractivity contribution < 1.29 is 38.1 Å². The van der Waals surface area contributed by atoms with Crippen LogP contribution in [0.1, 0.15) is 54.4 Å². The van der Waals surface area contributed by atoms with Crippen molar-refractivity contribution in [1.29, 1.82) is 0 Å². The molecule has 0 radical (unpaired) electrons. The molecule has 0 bridgehead atoms. The maximum atomic E-state index is 12.8. The Morgan fingerprint density at radius 1 is 1.12 bits per heavy atom. The molecule has 3 rings (SSSR count). The van der Waals surface area contributed by atoms with Gasteiger partial charge in [-0.3, -0.25) is 9.59 Å². The Hall–Kier alpha value is -2.90. The summed E-state index contributed by atoms with van der Waals surface area (Å²) in [5.74, 6) is -2.61. The summed E-state index contributed by atoms with van der Waals surface area (Å²) in [6, 6.07) is 0. The second kappa shape index (κ2) is 8.56. The van der Waals surface area contributed by atoms with Gasteiger partial charge in [-0.1, -0.05) is 19.6 Å². The van der Waals surface area contributed by atoms with Crippen molar-refractivity contribution in [2.24, 2.45) is 11.3 Å². The van der Waals surface area contributed by atoms with E-state index in [1.807, 2.05) is 13.8 Å². The molecule has 1 saturated carbocycles. The van der Waals surface area contributed by atoms with Crippen molar-refractivity contribution in [2.45, 2.75) is 78.8 Å². The van der Waals surface area contributed by atoms with Crippen LogP contribution in [-0.4, -0.2) is 48.3 Å². The van der Waals surface area contributed by atoms with Crippen molar-refractivity contribution in [3.05, 3.63) is 34.9 Å². The molecule has 8 nitrogen and oxygen atoms in total. The molecule has 174 valence electrons. The van der Waals surface area contributed by atoms with Crippen LogP contribution in [0.3, 0.4) is 0 Å². The van der Waals surface area contributed by atoms with Gasteiger partial charge in [0.2, 0.25) is 0 Å². The topological polar surface area (TPSA) is 105 Å². The second-order valence-electron chi connectivity index (χ2n) is 8.94. The van der Waals surface area contributed by atoms with Gasteiger partial charge in [0.15, 0.2) is 0 Å². The van der Waals surface area contributed by atoms with E-state index >= 15 is 0 Å². The number of rotatable bonds is 4. The van der Waals surface area contributed by atoms with Gasteiger partial charge >= 0.3 is 23.9 Å². The number of carbonyl (C=O) groups is 4. The molecule has 0 aromatic heterocycles. The van der Waals surface area contributed by atoms with E-state index in [1.165, 1.54) is 13.8 Å². The Morgan fingerprint density at radius 3 is 2.31 bits per heavy atom. The number of ether oxygens (including phenoxy) is 4. The molecular weight excluding hydrogens is 416 g/mol. The Balaban J connectivity index is 2.19. The Kier molecular flexibility index (Phi) is 6.36. The highest BCUT2D eigenvalue weighted by Gasteiger charge is 2.61. The van der Waals surface area contributed by atoms with Crippen molar-refractivity contribution in [2.75, 3.05) is 0 Å². The van der Waals surface area contributed by atoms with Gasteiger partial charge in [-0.15, -0.1) is 0 Å². The molecule has 2 fully saturated rings. The minimum Gasteiger partial charge on any atom is -0.461 e. The van der Waals surface area contributed by atoms with Crippen molar-refractivity contribution in [3.63, 3.8) is 0 Å². The zero-order valence-electron chi connectivity index (χ0n) is 19.4. The SMILES string of the molecule is C=C1C(=O)O[C@@H]2C[C@@]3(C)C(=C(C)[C@@H](OC(C)=O)C[C@@H]3OC(C)=O)[C@@H](OC(=O)/C(C)=C/C)[C@@H]12. The Morgan fingerprint density at radius 2 is 1.75 bits per heavy atom. The van der Waals surface area contributed by atoms with Crippen LogP contribution in [0, 0.1) is 11.3 Å². The van der Waals surface area contributed by atoms with Gasteiger partial charge < -0.3 is 18.9 Å².